The Hall–Kier alpha value is -4.08. The first-order valence-electron chi connectivity index (χ1n) is 11.5. The van der Waals surface area contributed by atoms with Crippen LogP contribution >= 0.6 is 11.6 Å². The predicted octanol–water partition coefficient (Wildman–Crippen LogP) is 5.02. The van der Waals surface area contributed by atoms with E-state index in [1.165, 1.54) is 11.8 Å². The van der Waals surface area contributed by atoms with Gasteiger partial charge in [-0.25, -0.2) is 0 Å². The molecule has 2 aromatic carbocycles. The number of H-pyrrole nitrogens is 1. The number of aromatic amines is 1. The van der Waals surface area contributed by atoms with Crippen molar-refractivity contribution in [3.05, 3.63) is 72.4 Å². The van der Waals surface area contributed by atoms with Crippen LogP contribution in [0.1, 0.15) is 0 Å². The molecule has 1 aliphatic rings. The summed E-state index contributed by atoms with van der Waals surface area (Å²) >= 11 is 6.38. The van der Waals surface area contributed by atoms with Crippen molar-refractivity contribution in [3.8, 4) is 11.6 Å². The van der Waals surface area contributed by atoms with Crippen molar-refractivity contribution >= 4 is 51.6 Å². The van der Waals surface area contributed by atoms with Crippen LogP contribution in [0.3, 0.4) is 0 Å². The third kappa shape index (κ3) is 5.27. The van der Waals surface area contributed by atoms with Gasteiger partial charge in [-0.15, -0.1) is 0 Å². The first-order chi connectivity index (χ1) is 17.5. The molecule has 3 N–H and O–H groups in total. The third-order valence-corrected chi connectivity index (χ3v) is 6.26. The van der Waals surface area contributed by atoms with Crippen LogP contribution in [-0.4, -0.2) is 59.0 Å². The van der Waals surface area contributed by atoms with Gasteiger partial charge >= 0.3 is 0 Å². The van der Waals surface area contributed by atoms with E-state index >= 15 is 0 Å². The Labute approximate surface area is 213 Å². The van der Waals surface area contributed by atoms with Gasteiger partial charge in [0.2, 0.25) is 17.7 Å². The Morgan fingerprint density at radius 2 is 1.75 bits per heavy atom. The number of amides is 1. The SMILES string of the molecule is C=CC(=O)Nc1ccc(Oc2nc(Nc3ccc(N4CCN(C)CC4)cc3)nc3[nH]cc(Cl)c23)cc1. The number of benzene rings is 2. The van der Waals surface area contributed by atoms with Gasteiger partial charge in [-0.1, -0.05) is 18.2 Å². The first-order valence-corrected chi connectivity index (χ1v) is 11.9. The van der Waals surface area contributed by atoms with Crippen LogP contribution in [-0.2, 0) is 4.79 Å². The largest absolute Gasteiger partial charge is 0.438 e. The van der Waals surface area contributed by atoms with E-state index in [0.717, 1.165) is 31.9 Å². The van der Waals surface area contributed by atoms with E-state index in [-0.39, 0.29) is 5.91 Å². The van der Waals surface area contributed by atoms with Gasteiger partial charge in [-0.2, -0.15) is 9.97 Å². The maximum absolute atomic E-state index is 11.5. The van der Waals surface area contributed by atoms with Crippen LogP contribution in [0.15, 0.2) is 67.4 Å². The molecule has 5 rings (SSSR count). The molecular formula is C26H26ClN7O2. The van der Waals surface area contributed by atoms with Gasteiger partial charge in [-0.3, -0.25) is 4.79 Å². The lowest BCUT2D eigenvalue weighted by molar-refractivity contribution is -0.111. The number of ether oxygens (including phenoxy) is 1. The minimum absolute atomic E-state index is 0.285. The van der Waals surface area contributed by atoms with E-state index in [0.29, 0.717) is 39.3 Å². The summed E-state index contributed by atoms with van der Waals surface area (Å²) in [6.07, 6.45) is 2.86. The number of halogens is 1. The quantitative estimate of drug-likeness (QED) is 0.304. The number of anilines is 4. The van der Waals surface area contributed by atoms with Crippen molar-refractivity contribution < 1.29 is 9.53 Å². The van der Waals surface area contributed by atoms with Gasteiger partial charge in [0.05, 0.1) is 5.02 Å². The highest BCUT2D eigenvalue weighted by Crippen LogP contribution is 2.34. The summed E-state index contributed by atoms with van der Waals surface area (Å²) in [6, 6.07) is 15.2. The molecule has 9 nitrogen and oxygen atoms in total. The number of nitrogens with zero attached hydrogens (tertiary/aromatic N) is 4. The van der Waals surface area contributed by atoms with E-state index in [9.17, 15) is 4.79 Å². The average molecular weight is 504 g/mol. The number of carbonyl (C=O) groups excluding carboxylic acids is 1. The molecule has 2 aromatic heterocycles. The van der Waals surface area contributed by atoms with Crippen LogP contribution in [0.5, 0.6) is 11.6 Å². The van der Waals surface area contributed by atoms with Crippen molar-refractivity contribution in [1.82, 2.24) is 19.9 Å². The zero-order chi connectivity index (χ0) is 25.1. The highest BCUT2D eigenvalue weighted by molar-refractivity contribution is 6.35. The van der Waals surface area contributed by atoms with Crippen LogP contribution in [0.25, 0.3) is 11.0 Å². The zero-order valence-electron chi connectivity index (χ0n) is 19.8. The Balaban J connectivity index is 1.35. The molecule has 0 atom stereocenters. The second kappa shape index (κ2) is 10.3. The van der Waals surface area contributed by atoms with Gasteiger partial charge in [0.1, 0.15) is 16.8 Å². The van der Waals surface area contributed by atoms with Crippen molar-refractivity contribution in [2.45, 2.75) is 0 Å². The molecule has 1 amide bonds. The molecule has 10 heteroatoms. The van der Waals surface area contributed by atoms with Crippen molar-refractivity contribution in [2.75, 3.05) is 48.8 Å². The van der Waals surface area contributed by atoms with Crippen LogP contribution < -0.4 is 20.3 Å². The summed E-state index contributed by atoms with van der Waals surface area (Å²) in [5.74, 6) is 0.933. The standard InChI is InChI=1S/C26H26ClN7O2/c1-3-22(35)29-17-6-10-20(11-7-17)36-25-23-21(27)16-28-24(23)31-26(32-25)30-18-4-8-19(9-5-18)34-14-12-33(2)13-15-34/h3-11,16H,1,12-15H2,2H3,(H,29,35)(H2,28,30,31,32). The minimum atomic E-state index is -0.285. The molecule has 1 aliphatic heterocycles. The van der Waals surface area contributed by atoms with Gasteiger partial charge in [0.25, 0.3) is 0 Å². The molecular weight excluding hydrogens is 478 g/mol. The van der Waals surface area contributed by atoms with E-state index in [4.69, 9.17) is 16.3 Å². The van der Waals surface area contributed by atoms with Crippen molar-refractivity contribution in [3.63, 3.8) is 0 Å². The lowest BCUT2D eigenvalue weighted by Crippen LogP contribution is -2.44. The minimum Gasteiger partial charge on any atom is -0.438 e. The molecule has 36 heavy (non-hydrogen) atoms. The van der Waals surface area contributed by atoms with Crippen molar-refractivity contribution in [2.24, 2.45) is 0 Å². The van der Waals surface area contributed by atoms with Gasteiger partial charge in [0, 0.05) is 49.4 Å². The van der Waals surface area contributed by atoms with Crippen LogP contribution in [0.2, 0.25) is 5.02 Å². The Bertz CT molecular complexity index is 1380. The summed E-state index contributed by atoms with van der Waals surface area (Å²) in [6.45, 7) is 7.59. The number of rotatable bonds is 7. The Morgan fingerprint density at radius 3 is 2.44 bits per heavy atom. The summed E-state index contributed by atoms with van der Waals surface area (Å²) in [5.41, 5.74) is 3.23. The van der Waals surface area contributed by atoms with Crippen LogP contribution in [0, 0.1) is 0 Å². The number of fused-ring (bicyclic) bond motifs is 1. The maximum atomic E-state index is 11.5. The molecule has 4 aromatic rings. The molecule has 0 saturated carbocycles. The molecule has 0 radical (unpaired) electrons. The third-order valence-electron chi connectivity index (χ3n) is 5.96. The molecule has 0 unspecified atom stereocenters. The summed E-state index contributed by atoms with van der Waals surface area (Å²) in [4.78, 5) is 28.4. The van der Waals surface area contributed by atoms with E-state index in [1.54, 1.807) is 30.5 Å². The predicted molar refractivity (Wildman–Crippen MR) is 144 cm³/mol. The molecule has 1 saturated heterocycles. The fraction of sp³-hybridized carbons (Fsp3) is 0.192. The second-order valence-corrected chi connectivity index (χ2v) is 8.90. The fourth-order valence-corrected chi connectivity index (χ4v) is 4.18. The maximum Gasteiger partial charge on any atom is 0.247 e. The fourth-order valence-electron chi connectivity index (χ4n) is 3.95. The Morgan fingerprint density at radius 1 is 1.06 bits per heavy atom. The van der Waals surface area contributed by atoms with Gasteiger partial charge in [-0.05, 0) is 61.7 Å². The number of piperazine rings is 1. The lowest BCUT2D eigenvalue weighted by atomic mass is 10.2. The molecule has 0 bridgehead atoms. The van der Waals surface area contributed by atoms with E-state index < -0.39 is 0 Å². The average Bonchev–Trinajstić information content (AvgIpc) is 3.27. The number of nitrogens with one attached hydrogen (secondary N) is 3. The number of carbonyl (C=O) groups is 1. The van der Waals surface area contributed by atoms with E-state index in [2.05, 4.69) is 61.1 Å². The Kier molecular flexibility index (Phi) is 6.75. The first kappa shape index (κ1) is 23.7. The summed E-state index contributed by atoms with van der Waals surface area (Å²) < 4.78 is 6.06. The van der Waals surface area contributed by atoms with Gasteiger partial charge in [0.15, 0.2) is 0 Å². The molecule has 0 spiro atoms. The molecule has 3 heterocycles. The van der Waals surface area contributed by atoms with Crippen LogP contribution in [0.4, 0.5) is 23.0 Å². The zero-order valence-corrected chi connectivity index (χ0v) is 20.5. The lowest BCUT2D eigenvalue weighted by Gasteiger charge is -2.34. The topological polar surface area (TPSA) is 98.4 Å². The van der Waals surface area contributed by atoms with E-state index in [1.807, 2.05) is 12.1 Å². The smallest absolute Gasteiger partial charge is 0.247 e. The molecule has 1 fully saturated rings. The summed E-state index contributed by atoms with van der Waals surface area (Å²) in [5, 5.41) is 6.99. The second-order valence-electron chi connectivity index (χ2n) is 8.49. The monoisotopic (exact) mass is 503 g/mol. The molecule has 0 aliphatic carbocycles. The number of hydrogen-bond donors (Lipinski definition) is 3. The molecule has 184 valence electrons. The summed E-state index contributed by atoms with van der Waals surface area (Å²) in [7, 11) is 2.15. The van der Waals surface area contributed by atoms with Crippen molar-refractivity contribution in [1.29, 1.82) is 0 Å². The number of hydrogen-bond acceptors (Lipinski definition) is 7. The normalized spacial score (nSPS) is 14.0. The number of likely N-dealkylation sites (N-methyl/N-ethyl adjacent to an activating group) is 1. The highest BCUT2D eigenvalue weighted by Gasteiger charge is 2.17. The van der Waals surface area contributed by atoms with Gasteiger partial charge < -0.3 is 30.2 Å². The number of aromatic nitrogens is 3. The highest BCUT2D eigenvalue weighted by atomic mass is 35.5.